The number of hydrogen-bond acceptors (Lipinski definition) is 4. The summed E-state index contributed by atoms with van der Waals surface area (Å²) in [4.78, 5) is 3.76. The first kappa shape index (κ1) is 14.1. The lowest BCUT2D eigenvalue weighted by Crippen LogP contribution is -2.28. The zero-order valence-electron chi connectivity index (χ0n) is 10.3. The highest BCUT2D eigenvalue weighted by Crippen LogP contribution is 2.33. The summed E-state index contributed by atoms with van der Waals surface area (Å²) >= 11 is 0. The molecule has 0 radical (unpaired) electrons. The predicted octanol–water partition coefficient (Wildman–Crippen LogP) is 1.75. The van der Waals surface area contributed by atoms with Crippen LogP contribution in [0.5, 0.6) is 0 Å². The molecule has 2 heterocycles. The maximum atomic E-state index is 12.8. The summed E-state index contributed by atoms with van der Waals surface area (Å²) in [5, 5.41) is 5.94. The van der Waals surface area contributed by atoms with Crippen molar-refractivity contribution in [2.75, 3.05) is 38.2 Å². The zero-order valence-corrected chi connectivity index (χ0v) is 10.3. The van der Waals surface area contributed by atoms with Gasteiger partial charge in [-0.3, -0.25) is 0 Å². The van der Waals surface area contributed by atoms with Crippen LogP contribution >= 0.6 is 0 Å². The number of ether oxygens (including phenoxy) is 1. The molecular weight excluding hydrogens is 259 g/mol. The number of anilines is 1. The van der Waals surface area contributed by atoms with Crippen molar-refractivity contribution in [2.24, 2.45) is 5.92 Å². The average molecular weight is 275 g/mol. The minimum absolute atomic E-state index is 0.126. The lowest BCUT2D eigenvalue weighted by molar-refractivity contribution is -0.137. The third-order valence-corrected chi connectivity index (χ3v) is 2.88. The molecule has 0 aromatic carbocycles. The van der Waals surface area contributed by atoms with E-state index in [1.807, 2.05) is 0 Å². The molecule has 0 saturated carbocycles. The fourth-order valence-corrected chi connectivity index (χ4v) is 1.91. The lowest BCUT2D eigenvalue weighted by atomic mass is 10.1. The van der Waals surface area contributed by atoms with Gasteiger partial charge in [0.25, 0.3) is 0 Å². The number of aromatic nitrogens is 1. The van der Waals surface area contributed by atoms with Crippen LogP contribution in [0, 0.1) is 5.92 Å². The van der Waals surface area contributed by atoms with Crippen molar-refractivity contribution < 1.29 is 17.9 Å². The van der Waals surface area contributed by atoms with Crippen molar-refractivity contribution in [3.05, 3.63) is 23.9 Å². The molecule has 1 aliphatic heterocycles. The van der Waals surface area contributed by atoms with Crippen LogP contribution in [-0.4, -0.2) is 37.8 Å². The number of rotatable bonds is 3. The molecule has 1 aromatic heterocycles. The van der Waals surface area contributed by atoms with Gasteiger partial charge in [-0.05, 0) is 12.1 Å². The Labute approximate surface area is 109 Å². The van der Waals surface area contributed by atoms with E-state index in [0.717, 1.165) is 19.2 Å². The fourth-order valence-electron chi connectivity index (χ4n) is 1.91. The van der Waals surface area contributed by atoms with Crippen LogP contribution in [0.15, 0.2) is 18.3 Å². The summed E-state index contributed by atoms with van der Waals surface area (Å²) in [5.41, 5.74) is -0.738. The van der Waals surface area contributed by atoms with Crippen LogP contribution in [0.4, 0.5) is 19.0 Å². The van der Waals surface area contributed by atoms with E-state index in [9.17, 15) is 13.2 Å². The van der Waals surface area contributed by atoms with Crippen LogP contribution < -0.4 is 10.6 Å². The predicted molar refractivity (Wildman–Crippen MR) is 64.9 cm³/mol. The largest absolute Gasteiger partial charge is 0.419 e. The molecule has 19 heavy (non-hydrogen) atoms. The third-order valence-electron chi connectivity index (χ3n) is 2.88. The Morgan fingerprint density at radius 3 is 3.11 bits per heavy atom. The van der Waals surface area contributed by atoms with Gasteiger partial charge in [-0.2, -0.15) is 13.2 Å². The lowest BCUT2D eigenvalue weighted by Gasteiger charge is -2.17. The first-order valence-electron chi connectivity index (χ1n) is 6.12. The Bertz CT molecular complexity index is 403. The van der Waals surface area contributed by atoms with Gasteiger partial charge in [-0.15, -0.1) is 0 Å². The van der Waals surface area contributed by atoms with Crippen molar-refractivity contribution in [3.8, 4) is 0 Å². The molecule has 7 heteroatoms. The molecule has 0 unspecified atom stereocenters. The van der Waals surface area contributed by atoms with E-state index in [1.165, 1.54) is 12.3 Å². The monoisotopic (exact) mass is 275 g/mol. The summed E-state index contributed by atoms with van der Waals surface area (Å²) in [6.45, 7) is 3.06. The Morgan fingerprint density at radius 2 is 2.32 bits per heavy atom. The van der Waals surface area contributed by atoms with Crippen molar-refractivity contribution >= 4 is 5.82 Å². The molecule has 4 nitrogen and oxygen atoms in total. The first-order chi connectivity index (χ1) is 9.07. The number of pyridine rings is 1. The van der Waals surface area contributed by atoms with Crippen LogP contribution in [0.25, 0.3) is 0 Å². The van der Waals surface area contributed by atoms with Crippen molar-refractivity contribution in [2.45, 2.75) is 6.18 Å². The number of nitrogens with zero attached hydrogens (tertiary/aromatic N) is 1. The second kappa shape index (κ2) is 6.21. The van der Waals surface area contributed by atoms with Gasteiger partial charge in [-0.1, -0.05) is 0 Å². The van der Waals surface area contributed by atoms with E-state index in [2.05, 4.69) is 15.6 Å². The maximum absolute atomic E-state index is 12.8. The molecule has 0 amide bonds. The van der Waals surface area contributed by atoms with Crippen LogP contribution in [-0.2, 0) is 10.9 Å². The molecule has 1 saturated heterocycles. The molecule has 1 atom stereocenters. The van der Waals surface area contributed by atoms with E-state index in [1.54, 1.807) is 0 Å². The Kier molecular flexibility index (Phi) is 4.60. The molecule has 106 valence electrons. The van der Waals surface area contributed by atoms with E-state index in [-0.39, 0.29) is 11.7 Å². The quantitative estimate of drug-likeness (QED) is 0.882. The van der Waals surface area contributed by atoms with Gasteiger partial charge in [0, 0.05) is 31.7 Å². The third kappa shape index (κ3) is 4.07. The number of halogens is 3. The maximum Gasteiger partial charge on any atom is 0.419 e. The summed E-state index contributed by atoms with van der Waals surface area (Å²) < 4.78 is 43.6. The molecule has 0 aliphatic carbocycles. The second-order valence-corrected chi connectivity index (χ2v) is 4.42. The van der Waals surface area contributed by atoms with Gasteiger partial charge in [0.15, 0.2) is 0 Å². The molecule has 1 aromatic rings. The minimum atomic E-state index is -4.39. The van der Waals surface area contributed by atoms with Crippen molar-refractivity contribution in [1.29, 1.82) is 0 Å². The van der Waals surface area contributed by atoms with Crippen LogP contribution in [0.3, 0.4) is 0 Å². The highest BCUT2D eigenvalue weighted by Gasteiger charge is 2.34. The summed E-state index contributed by atoms with van der Waals surface area (Å²) in [6, 6.07) is 2.31. The highest BCUT2D eigenvalue weighted by molar-refractivity contribution is 5.45. The molecule has 0 spiro atoms. The molecular formula is C12H16F3N3O. The summed E-state index contributed by atoms with van der Waals surface area (Å²) in [5.74, 6) is 0.00448. The number of nitrogens with one attached hydrogen (secondary N) is 2. The minimum Gasteiger partial charge on any atom is -0.380 e. The Balaban J connectivity index is 1.99. The molecule has 1 fully saturated rings. The molecule has 2 rings (SSSR count). The smallest absolute Gasteiger partial charge is 0.380 e. The van der Waals surface area contributed by atoms with Gasteiger partial charge < -0.3 is 15.4 Å². The first-order valence-corrected chi connectivity index (χ1v) is 6.12. The molecule has 2 N–H and O–H groups in total. The Morgan fingerprint density at radius 1 is 1.47 bits per heavy atom. The van der Waals surface area contributed by atoms with Crippen molar-refractivity contribution in [1.82, 2.24) is 10.3 Å². The van der Waals surface area contributed by atoms with Gasteiger partial charge >= 0.3 is 6.18 Å². The number of hydrogen-bond donors (Lipinski definition) is 2. The van der Waals surface area contributed by atoms with Gasteiger partial charge in [0.1, 0.15) is 5.82 Å². The molecule has 0 bridgehead atoms. The summed E-state index contributed by atoms with van der Waals surface area (Å²) in [6.07, 6.45) is -3.05. The van der Waals surface area contributed by atoms with Crippen molar-refractivity contribution in [3.63, 3.8) is 0 Å². The normalized spacial score (nSPS) is 20.9. The van der Waals surface area contributed by atoms with Gasteiger partial charge in [0.2, 0.25) is 0 Å². The second-order valence-electron chi connectivity index (χ2n) is 4.42. The fraction of sp³-hybridized carbons (Fsp3) is 0.583. The number of alkyl halides is 3. The standard InChI is InChI=1S/C12H16F3N3O/c13-12(14,15)10-2-1-3-17-11(10)18-7-9-6-16-4-5-19-8-9/h1-3,9,16H,4-8H2,(H,17,18)/t9-/m0/s1. The highest BCUT2D eigenvalue weighted by atomic mass is 19.4. The van der Waals surface area contributed by atoms with Gasteiger partial charge in [-0.25, -0.2) is 4.98 Å². The van der Waals surface area contributed by atoms with Crippen LogP contribution in [0.2, 0.25) is 0 Å². The molecule has 1 aliphatic rings. The van der Waals surface area contributed by atoms with E-state index < -0.39 is 11.7 Å². The summed E-state index contributed by atoms with van der Waals surface area (Å²) in [7, 11) is 0. The topological polar surface area (TPSA) is 46.2 Å². The zero-order chi connectivity index (χ0) is 13.7. The van der Waals surface area contributed by atoms with Gasteiger partial charge in [0.05, 0.1) is 18.8 Å². The Hall–Kier alpha value is -1.34. The average Bonchev–Trinajstić information content (AvgIpc) is 2.64. The SMILES string of the molecule is FC(F)(F)c1cccnc1NC[C@@H]1CNCCOC1. The van der Waals surface area contributed by atoms with E-state index in [4.69, 9.17) is 4.74 Å². The van der Waals surface area contributed by atoms with E-state index in [0.29, 0.717) is 19.8 Å². The van der Waals surface area contributed by atoms with Crippen LogP contribution in [0.1, 0.15) is 5.56 Å². The van der Waals surface area contributed by atoms with E-state index >= 15 is 0 Å².